The predicted octanol–water partition coefficient (Wildman–Crippen LogP) is 5.23. The molecule has 0 amide bonds. The van der Waals surface area contributed by atoms with E-state index in [4.69, 9.17) is 16.3 Å². The second-order valence-corrected chi connectivity index (χ2v) is 9.29. The molecule has 7 heteroatoms. The fourth-order valence-corrected chi connectivity index (χ4v) is 4.22. The van der Waals surface area contributed by atoms with Crippen molar-refractivity contribution in [2.24, 2.45) is 0 Å². The van der Waals surface area contributed by atoms with Gasteiger partial charge in [-0.2, -0.15) is 0 Å². The van der Waals surface area contributed by atoms with Gasteiger partial charge in [0.25, 0.3) is 5.56 Å². The highest BCUT2D eigenvalue weighted by Crippen LogP contribution is 2.32. The minimum atomic E-state index is -0.919. The zero-order valence-electron chi connectivity index (χ0n) is 16.8. The van der Waals surface area contributed by atoms with E-state index < -0.39 is 5.60 Å². The summed E-state index contributed by atoms with van der Waals surface area (Å²) in [5.41, 5.74) is 2.22. The third-order valence-corrected chi connectivity index (χ3v) is 6.00. The molecule has 2 aromatic carbocycles. The predicted molar refractivity (Wildman–Crippen MR) is 122 cm³/mol. The van der Waals surface area contributed by atoms with Gasteiger partial charge >= 0.3 is 0 Å². The van der Waals surface area contributed by atoms with E-state index in [1.807, 2.05) is 49.4 Å². The van der Waals surface area contributed by atoms with Crippen molar-refractivity contribution < 1.29 is 9.84 Å². The van der Waals surface area contributed by atoms with Gasteiger partial charge in [0.15, 0.2) is 0 Å². The Bertz CT molecular complexity index is 1270. The molecule has 0 atom stereocenters. The molecular weight excluding hydrogens is 420 g/mol. The summed E-state index contributed by atoms with van der Waals surface area (Å²) < 4.78 is 7.83. The van der Waals surface area contributed by atoms with Gasteiger partial charge in [-0.15, -0.1) is 11.3 Å². The maximum absolute atomic E-state index is 13.1. The second kappa shape index (κ2) is 7.87. The summed E-state index contributed by atoms with van der Waals surface area (Å²) in [5.74, 6) is 0.670. The number of nitrogens with zero attached hydrogens (tertiary/aromatic N) is 2. The van der Waals surface area contributed by atoms with E-state index in [-0.39, 0.29) is 12.2 Å². The number of benzene rings is 2. The molecule has 0 aliphatic heterocycles. The van der Waals surface area contributed by atoms with Crippen molar-refractivity contribution in [1.29, 1.82) is 0 Å². The van der Waals surface area contributed by atoms with Crippen molar-refractivity contribution in [3.63, 3.8) is 0 Å². The topological polar surface area (TPSA) is 64.4 Å². The lowest BCUT2D eigenvalue weighted by atomic mass is 10.1. The third kappa shape index (κ3) is 4.26. The summed E-state index contributed by atoms with van der Waals surface area (Å²) in [5, 5.41) is 10.5. The minimum absolute atomic E-state index is 0.116. The van der Waals surface area contributed by atoms with Crippen molar-refractivity contribution in [2.75, 3.05) is 6.61 Å². The number of hydrogen-bond acceptors (Lipinski definition) is 5. The van der Waals surface area contributed by atoms with Crippen molar-refractivity contribution >= 4 is 33.2 Å². The number of hydrogen-bond donors (Lipinski definition) is 1. The lowest BCUT2D eigenvalue weighted by molar-refractivity contribution is 0.0282. The molecule has 0 saturated carbocycles. The smallest absolute Gasteiger partial charge is 0.275 e. The van der Waals surface area contributed by atoms with Crippen LogP contribution in [0.2, 0.25) is 5.02 Å². The Morgan fingerprint density at radius 1 is 1.17 bits per heavy atom. The molecule has 0 radical (unpaired) electrons. The van der Waals surface area contributed by atoms with E-state index >= 15 is 0 Å². The Kier molecular flexibility index (Phi) is 5.40. The SMILES string of the molecule is Cc1cc(-n2cnc3cc(-c4ccc(Cl)cc4)sc3c2=O)ccc1OCC(C)(C)O. The zero-order valence-corrected chi connectivity index (χ0v) is 18.4. The third-order valence-electron chi connectivity index (χ3n) is 4.58. The van der Waals surface area contributed by atoms with Gasteiger partial charge in [-0.25, -0.2) is 4.98 Å². The summed E-state index contributed by atoms with van der Waals surface area (Å²) in [6, 6.07) is 14.9. The van der Waals surface area contributed by atoms with E-state index in [1.165, 1.54) is 15.9 Å². The summed E-state index contributed by atoms with van der Waals surface area (Å²) in [6.07, 6.45) is 1.55. The van der Waals surface area contributed by atoms with Gasteiger partial charge in [0, 0.05) is 9.90 Å². The van der Waals surface area contributed by atoms with Crippen LogP contribution in [0.5, 0.6) is 5.75 Å². The molecular formula is C23H21ClN2O3S. The molecule has 0 unspecified atom stereocenters. The molecule has 1 N–H and O–H groups in total. The second-order valence-electron chi connectivity index (χ2n) is 7.80. The highest BCUT2D eigenvalue weighted by molar-refractivity contribution is 7.22. The van der Waals surface area contributed by atoms with Crippen LogP contribution in [0.15, 0.2) is 59.7 Å². The number of aromatic nitrogens is 2. The van der Waals surface area contributed by atoms with Crippen LogP contribution in [-0.2, 0) is 0 Å². The number of fused-ring (bicyclic) bond motifs is 1. The summed E-state index contributed by atoms with van der Waals surface area (Å²) in [4.78, 5) is 18.6. The van der Waals surface area contributed by atoms with Gasteiger partial charge < -0.3 is 9.84 Å². The maximum Gasteiger partial charge on any atom is 0.275 e. The van der Waals surface area contributed by atoms with Crippen LogP contribution in [0.4, 0.5) is 0 Å². The van der Waals surface area contributed by atoms with Crippen LogP contribution in [0, 0.1) is 6.92 Å². The molecule has 5 nitrogen and oxygen atoms in total. The highest BCUT2D eigenvalue weighted by atomic mass is 35.5. The number of aryl methyl sites for hydroxylation is 1. The molecule has 4 rings (SSSR count). The van der Waals surface area contributed by atoms with Crippen LogP contribution >= 0.6 is 22.9 Å². The van der Waals surface area contributed by atoms with Gasteiger partial charge in [0.1, 0.15) is 23.4 Å². The Labute approximate surface area is 183 Å². The van der Waals surface area contributed by atoms with Crippen LogP contribution < -0.4 is 10.3 Å². The van der Waals surface area contributed by atoms with Crippen LogP contribution in [-0.4, -0.2) is 26.9 Å². The molecule has 0 saturated heterocycles. The van der Waals surface area contributed by atoms with E-state index in [0.29, 0.717) is 26.7 Å². The fourth-order valence-electron chi connectivity index (χ4n) is 3.05. The number of thiophene rings is 1. The first-order valence-corrected chi connectivity index (χ1v) is 10.6. The van der Waals surface area contributed by atoms with Crippen LogP contribution in [0.25, 0.3) is 26.3 Å². The monoisotopic (exact) mass is 440 g/mol. The largest absolute Gasteiger partial charge is 0.490 e. The molecule has 0 fully saturated rings. The van der Waals surface area contributed by atoms with E-state index in [0.717, 1.165) is 16.0 Å². The lowest BCUT2D eigenvalue weighted by Crippen LogP contribution is -2.28. The molecule has 0 spiro atoms. The van der Waals surface area contributed by atoms with E-state index in [9.17, 15) is 9.90 Å². The number of halogens is 1. The standard InChI is InChI=1S/C23H21ClN2O3S/c1-14-10-17(8-9-19(14)29-12-23(2,3)28)26-13-25-18-11-20(30-21(18)22(26)27)15-4-6-16(24)7-5-15/h4-11,13,28H,12H2,1-3H3. The van der Waals surface area contributed by atoms with Gasteiger partial charge in [-0.05, 0) is 68.3 Å². The van der Waals surface area contributed by atoms with E-state index in [2.05, 4.69) is 4.98 Å². The molecule has 0 aliphatic carbocycles. The van der Waals surface area contributed by atoms with Crippen molar-refractivity contribution in [3.05, 3.63) is 75.8 Å². The Morgan fingerprint density at radius 3 is 2.57 bits per heavy atom. The Hall–Kier alpha value is -2.67. The molecule has 154 valence electrons. The van der Waals surface area contributed by atoms with Crippen molar-refractivity contribution in [1.82, 2.24) is 9.55 Å². The van der Waals surface area contributed by atoms with E-state index in [1.54, 1.807) is 26.2 Å². The Balaban J connectivity index is 1.69. The van der Waals surface area contributed by atoms with Gasteiger partial charge in [-0.1, -0.05) is 23.7 Å². The zero-order chi connectivity index (χ0) is 21.5. The molecule has 2 aromatic heterocycles. The average molecular weight is 441 g/mol. The number of aliphatic hydroxyl groups is 1. The average Bonchev–Trinajstić information content (AvgIpc) is 3.12. The number of ether oxygens (including phenoxy) is 1. The quantitative estimate of drug-likeness (QED) is 0.461. The molecule has 4 aromatic rings. The molecule has 30 heavy (non-hydrogen) atoms. The maximum atomic E-state index is 13.1. The van der Waals surface area contributed by atoms with Crippen molar-refractivity contribution in [3.8, 4) is 21.9 Å². The fraction of sp³-hybridized carbons (Fsp3) is 0.217. The van der Waals surface area contributed by atoms with Crippen LogP contribution in [0.1, 0.15) is 19.4 Å². The summed E-state index contributed by atoms with van der Waals surface area (Å²) in [7, 11) is 0. The highest BCUT2D eigenvalue weighted by Gasteiger charge is 2.15. The van der Waals surface area contributed by atoms with Gasteiger partial charge in [0.2, 0.25) is 0 Å². The molecule has 0 aliphatic rings. The number of rotatable bonds is 5. The van der Waals surface area contributed by atoms with Gasteiger partial charge in [-0.3, -0.25) is 9.36 Å². The first kappa shape index (κ1) is 20.6. The summed E-state index contributed by atoms with van der Waals surface area (Å²) in [6.45, 7) is 5.47. The minimum Gasteiger partial charge on any atom is -0.490 e. The van der Waals surface area contributed by atoms with Gasteiger partial charge in [0.05, 0.1) is 16.8 Å². The molecule has 0 bridgehead atoms. The normalized spacial score (nSPS) is 11.8. The summed E-state index contributed by atoms with van der Waals surface area (Å²) >= 11 is 7.39. The Morgan fingerprint density at radius 2 is 1.90 bits per heavy atom. The molecule has 2 heterocycles. The first-order valence-electron chi connectivity index (χ1n) is 9.45. The van der Waals surface area contributed by atoms with Crippen molar-refractivity contribution in [2.45, 2.75) is 26.4 Å². The first-order chi connectivity index (χ1) is 14.2. The lowest BCUT2D eigenvalue weighted by Gasteiger charge is -2.19. The van der Waals surface area contributed by atoms with Crippen LogP contribution in [0.3, 0.4) is 0 Å².